The van der Waals surface area contributed by atoms with Crippen molar-refractivity contribution in [2.45, 2.75) is 56.5 Å². The number of halogens is 3. The van der Waals surface area contributed by atoms with Gasteiger partial charge in [-0.2, -0.15) is 21.6 Å². The van der Waals surface area contributed by atoms with Gasteiger partial charge in [-0.05, 0) is 44.4 Å². The Morgan fingerprint density at radius 1 is 0.889 bits per heavy atom. The number of urea groups is 1. The number of piperazine rings is 1. The largest absolute Gasteiger partial charge is 0.534 e. The number of carbonyl (C=O) groups is 1. The summed E-state index contributed by atoms with van der Waals surface area (Å²) in [5, 5.41) is 0. The first kappa shape index (κ1) is 26.8. The van der Waals surface area contributed by atoms with Gasteiger partial charge in [-0.3, -0.25) is 4.90 Å². The molecule has 8 nitrogen and oxygen atoms in total. The Morgan fingerprint density at radius 2 is 1.56 bits per heavy atom. The van der Waals surface area contributed by atoms with Crippen LogP contribution in [0.2, 0.25) is 0 Å². The highest BCUT2D eigenvalue weighted by molar-refractivity contribution is 7.88. The topological polar surface area (TPSA) is 73.4 Å². The molecule has 1 aromatic carbocycles. The smallest absolute Gasteiger partial charge is 0.374 e. The van der Waals surface area contributed by atoms with Crippen molar-refractivity contribution in [1.82, 2.24) is 14.7 Å². The van der Waals surface area contributed by atoms with Crippen LogP contribution in [-0.4, -0.2) is 93.1 Å². The average molecular weight is 533 g/mol. The summed E-state index contributed by atoms with van der Waals surface area (Å²) >= 11 is 0. The molecule has 1 saturated carbocycles. The minimum Gasteiger partial charge on any atom is -0.374 e. The number of hydrogen-bond donors (Lipinski definition) is 0. The molecule has 0 unspecified atom stereocenters. The highest BCUT2D eigenvalue weighted by Crippen LogP contribution is 2.34. The van der Waals surface area contributed by atoms with Crippen LogP contribution in [0.15, 0.2) is 24.3 Å². The van der Waals surface area contributed by atoms with Crippen LogP contribution in [0.25, 0.3) is 0 Å². The number of unbranched alkanes of at least 4 members (excludes halogenated alkanes) is 1. The maximum Gasteiger partial charge on any atom is 0.534 e. The Labute approximate surface area is 211 Å². The van der Waals surface area contributed by atoms with Crippen LogP contribution in [0.1, 0.15) is 44.9 Å². The maximum atomic E-state index is 12.8. The Hall–Kier alpha value is -2.21. The van der Waals surface area contributed by atoms with Crippen molar-refractivity contribution >= 4 is 21.8 Å². The van der Waals surface area contributed by atoms with Crippen molar-refractivity contribution in [2.75, 3.05) is 57.3 Å². The Kier molecular flexibility index (Phi) is 8.54. The monoisotopic (exact) mass is 532 g/mol. The zero-order valence-electron chi connectivity index (χ0n) is 20.5. The van der Waals surface area contributed by atoms with Crippen LogP contribution in [0.3, 0.4) is 0 Å². The van der Waals surface area contributed by atoms with Crippen molar-refractivity contribution in [3.8, 4) is 5.75 Å². The molecular weight excluding hydrogens is 497 g/mol. The zero-order valence-corrected chi connectivity index (χ0v) is 21.3. The minimum atomic E-state index is -5.73. The van der Waals surface area contributed by atoms with E-state index in [1.54, 1.807) is 12.1 Å². The van der Waals surface area contributed by atoms with Gasteiger partial charge in [0.1, 0.15) is 0 Å². The molecule has 2 aliphatic heterocycles. The van der Waals surface area contributed by atoms with Gasteiger partial charge in [0.05, 0.1) is 5.69 Å². The molecule has 3 aliphatic rings. The first-order chi connectivity index (χ1) is 17.2. The lowest BCUT2D eigenvalue weighted by atomic mass is 9.94. The van der Waals surface area contributed by atoms with E-state index >= 15 is 0 Å². The normalized spacial score (nSPS) is 20.9. The number of amides is 2. The van der Waals surface area contributed by atoms with Gasteiger partial charge in [-0.15, -0.1) is 0 Å². The Balaban J connectivity index is 1.19. The molecule has 0 N–H and O–H groups in total. The van der Waals surface area contributed by atoms with Gasteiger partial charge < -0.3 is 18.9 Å². The number of hydrogen-bond acceptors (Lipinski definition) is 6. The molecule has 0 atom stereocenters. The second-order valence-electron chi connectivity index (χ2n) is 9.74. The summed E-state index contributed by atoms with van der Waals surface area (Å²) < 4.78 is 65.6. The third-order valence-electron chi connectivity index (χ3n) is 7.36. The minimum absolute atomic E-state index is 0.184. The fourth-order valence-corrected chi connectivity index (χ4v) is 5.82. The van der Waals surface area contributed by atoms with E-state index in [0.717, 1.165) is 51.9 Å². The SMILES string of the molecule is O=C1N(CCCCN2CCN(c3ccccc3OS(=O)(=O)C(F)(F)F)CC2)CCN1C1CCCCC1. The number of benzene rings is 1. The summed E-state index contributed by atoms with van der Waals surface area (Å²) in [6.45, 7) is 5.79. The fraction of sp³-hybridized carbons (Fsp3) is 0.708. The molecule has 12 heteroatoms. The molecule has 1 aliphatic carbocycles. The zero-order chi connectivity index (χ0) is 25.8. The summed E-state index contributed by atoms with van der Waals surface area (Å²) in [5.74, 6) is -0.319. The van der Waals surface area contributed by atoms with Crippen LogP contribution in [-0.2, 0) is 10.1 Å². The molecule has 0 spiro atoms. The first-order valence-corrected chi connectivity index (χ1v) is 14.2. The van der Waals surface area contributed by atoms with Gasteiger partial charge in [0.25, 0.3) is 0 Å². The van der Waals surface area contributed by atoms with E-state index in [2.05, 4.69) is 14.0 Å². The van der Waals surface area contributed by atoms with Crippen molar-refractivity contribution in [3.63, 3.8) is 0 Å². The van der Waals surface area contributed by atoms with E-state index in [4.69, 9.17) is 0 Å². The lowest BCUT2D eigenvalue weighted by molar-refractivity contribution is -0.0499. The van der Waals surface area contributed by atoms with Crippen LogP contribution >= 0.6 is 0 Å². The number of rotatable bonds is 9. The van der Waals surface area contributed by atoms with Gasteiger partial charge in [0.2, 0.25) is 0 Å². The number of para-hydroxylation sites is 2. The summed E-state index contributed by atoms with van der Waals surface area (Å²) in [7, 11) is -5.73. The molecule has 0 aromatic heterocycles. The molecule has 3 fully saturated rings. The number of nitrogens with zero attached hydrogens (tertiary/aromatic N) is 4. The van der Waals surface area contributed by atoms with Crippen LogP contribution < -0.4 is 9.08 Å². The number of anilines is 1. The molecule has 0 radical (unpaired) electrons. The fourth-order valence-electron chi connectivity index (χ4n) is 5.35. The second kappa shape index (κ2) is 11.5. The molecule has 202 valence electrons. The van der Waals surface area contributed by atoms with E-state index in [0.29, 0.717) is 37.9 Å². The third-order valence-corrected chi connectivity index (χ3v) is 8.32. The van der Waals surface area contributed by atoms with Crippen LogP contribution in [0.4, 0.5) is 23.7 Å². The molecule has 2 amide bonds. The van der Waals surface area contributed by atoms with Gasteiger partial charge in [-0.25, -0.2) is 4.79 Å². The highest BCUT2D eigenvalue weighted by atomic mass is 32.2. The van der Waals surface area contributed by atoms with Gasteiger partial charge >= 0.3 is 21.7 Å². The second-order valence-corrected chi connectivity index (χ2v) is 11.3. The summed E-state index contributed by atoms with van der Waals surface area (Å²) in [4.78, 5) is 20.9. The lowest BCUT2D eigenvalue weighted by Gasteiger charge is -2.36. The standard InChI is InChI=1S/C24H35F3N4O4S/c25-24(26,27)36(33,34)35-22-11-5-4-10-21(22)29-16-14-28(15-17-29)12-6-7-13-30-18-19-31(23(30)32)20-8-2-1-3-9-20/h4-5,10-11,20H,1-3,6-9,12-19H2. The Bertz CT molecular complexity index is 993. The average Bonchev–Trinajstić information content (AvgIpc) is 3.22. The summed E-state index contributed by atoms with van der Waals surface area (Å²) in [5.41, 5.74) is -5.15. The molecule has 2 heterocycles. The molecular formula is C24H35F3N4O4S. The van der Waals surface area contributed by atoms with Crippen molar-refractivity contribution in [1.29, 1.82) is 0 Å². The highest BCUT2D eigenvalue weighted by Gasteiger charge is 2.49. The Morgan fingerprint density at radius 3 is 2.25 bits per heavy atom. The van der Waals surface area contributed by atoms with E-state index in [1.807, 2.05) is 9.80 Å². The van der Waals surface area contributed by atoms with Gasteiger partial charge in [0.15, 0.2) is 5.75 Å². The summed E-state index contributed by atoms with van der Waals surface area (Å²) in [6.07, 6.45) is 7.84. The number of carbonyl (C=O) groups excluding carboxylic acids is 1. The molecule has 2 saturated heterocycles. The molecule has 1 aromatic rings. The van der Waals surface area contributed by atoms with Crippen molar-refractivity contribution in [3.05, 3.63) is 24.3 Å². The van der Waals surface area contributed by atoms with E-state index in [9.17, 15) is 26.4 Å². The van der Waals surface area contributed by atoms with E-state index in [-0.39, 0.29) is 11.8 Å². The molecule has 0 bridgehead atoms. The maximum absolute atomic E-state index is 12.8. The van der Waals surface area contributed by atoms with E-state index in [1.165, 1.54) is 31.4 Å². The van der Waals surface area contributed by atoms with Crippen molar-refractivity contribution in [2.24, 2.45) is 0 Å². The quantitative estimate of drug-likeness (QED) is 0.273. The predicted molar refractivity (Wildman–Crippen MR) is 130 cm³/mol. The van der Waals surface area contributed by atoms with Gasteiger partial charge in [0, 0.05) is 51.9 Å². The predicted octanol–water partition coefficient (Wildman–Crippen LogP) is 3.89. The van der Waals surface area contributed by atoms with Crippen LogP contribution in [0.5, 0.6) is 5.75 Å². The summed E-state index contributed by atoms with van der Waals surface area (Å²) in [6, 6.07) is 6.49. The number of alkyl halides is 3. The van der Waals surface area contributed by atoms with E-state index < -0.39 is 15.6 Å². The third kappa shape index (κ3) is 6.37. The molecule has 4 rings (SSSR count). The van der Waals surface area contributed by atoms with Crippen molar-refractivity contribution < 1.29 is 30.6 Å². The van der Waals surface area contributed by atoms with Gasteiger partial charge in [-0.1, -0.05) is 31.4 Å². The van der Waals surface area contributed by atoms with Crippen LogP contribution in [0, 0.1) is 0 Å². The molecule has 36 heavy (non-hydrogen) atoms. The first-order valence-electron chi connectivity index (χ1n) is 12.8. The lowest BCUT2D eigenvalue weighted by Crippen LogP contribution is -2.47.